The maximum atomic E-state index is 11.5. The standard InChI is InChI=1S/C19H28N2O/c1-19(2)16-9-8-15(17(19)10-16)12-21-11-13-4-6-14(7-5-13)18(22)20-3/h4-7,15-17,21H,8-12H2,1-3H3,(H,20,22). The molecule has 0 spiro atoms. The van der Waals surface area contributed by atoms with Gasteiger partial charge in [0.05, 0.1) is 0 Å². The van der Waals surface area contributed by atoms with Crippen LogP contribution in [0.3, 0.4) is 0 Å². The highest BCUT2D eigenvalue weighted by atomic mass is 16.1. The maximum Gasteiger partial charge on any atom is 0.251 e. The summed E-state index contributed by atoms with van der Waals surface area (Å²) in [4.78, 5) is 11.5. The van der Waals surface area contributed by atoms with Crippen LogP contribution in [0.5, 0.6) is 0 Å². The van der Waals surface area contributed by atoms with Crippen LogP contribution >= 0.6 is 0 Å². The van der Waals surface area contributed by atoms with Crippen molar-refractivity contribution in [1.29, 1.82) is 0 Å². The molecule has 3 saturated carbocycles. The number of carbonyl (C=O) groups excluding carboxylic acids is 1. The lowest BCUT2D eigenvalue weighted by molar-refractivity contribution is -0.103. The zero-order valence-corrected chi connectivity index (χ0v) is 14.0. The first-order chi connectivity index (χ1) is 10.5. The molecule has 3 nitrogen and oxygen atoms in total. The van der Waals surface area contributed by atoms with Gasteiger partial charge in [0.1, 0.15) is 0 Å². The van der Waals surface area contributed by atoms with Crippen LogP contribution in [-0.2, 0) is 6.54 Å². The zero-order chi connectivity index (χ0) is 15.7. The smallest absolute Gasteiger partial charge is 0.251 e. The Hall–Kier alpha value is -1.35. The molecule has 3 heteroatoms. The van der Waals surface area contributed by atoms with Crippen LogP contribution in [-0.4, -0.2) is 19.5 Å². The Balaban J connectivity index is 1.48. The van der Waals surface area contributed by atoms with Crippen LogP contribution in [0, 0.1) is 23.2 Å². The predicted octanol–water partition coefficient (Wildman–Crippen LogP) is 3.21. The number of benzene rings is 1. The number of carbonyl (C=O) groups is 1. The lowest BCUT2D eigenvalue weighted by atomic mass is 9.45. The summed E-state index contributed by atoms with van der Waals surface area (Å²) in [5, 5.41) is 6.28. The van der Waals surface area contributed by atoms with Gasteiger partial charge in [-0.3, -0.25) is 4.79 Å². The summed E-state index contributed by atoms with van der Waals surface area (Å²) in [5.41, 5.74) is 2.54. The van der Waals surface area contributed by atoms with Crippen molar-refractivity contribution in [3.63, 3.8) is 0 Å². The summed E-state index contributed by atoms with van der Waals surface area (Å²) in [6, 6.07) is 7.88. The van der Waals surface area contributed by atoms with Gasteiger partial charge in [0, 0.05) is 19.2 Å². The van der Waals surface area contributed by atoms with E-state index in [4.69, 9.17) is 0 Å². The molecule has 3 aliphatic carbocycles. The van der Waals surface area contributed by atoms with Gasteiger partial charge in [0.2, 0.25) is 0 Å². The van der Waals surface area contributed by atoms with Crippen LogP contribution < -0.4 is 10.6 Å². The van der Waals surface area contributed by atoms with Crippen molar-refractivity contribution in [2.75, 3.05) is 13.6 Å². The number of hydrogen-bond donors (Lipinski definition) is 2. The normalized spacial score (nSPS) is 28.8. The van der Waals surface area contributed by atoms with E-state index in [0.717, 1.165) is 36.4 Å². The Labute approximate surface area is 133 Å². The molecule has 0 aliphatic heterocycles. The van der Waals surface area contributed by atoms with E-state index in [-0.39, 0.29) is 5.91 Å². The molecule has 1 aromatic rings. The molecule has 4 rings (SSSR count). The fraction of sp³-hybridized carbons (Fsp3) is 0.632. The zero-order valence-electron chi connectivity index (χ0n) is 14.0. The predicted molar refractivity (Wildman–Crippen MR) is 89.6 cm³/mol. The third-order valence-corrected chi connectivity index (χ3v) is 6.18. The van der Waals surface area contributed by atoms with E-state index in [1.807, 2.05) is 24.3 Å². The van der Waals surface area contributed by atoms with E-state index in [0.29, 0.717) is 5.41 Å². The van der Waals surface area contributed by atoms with Gasteiger partial charge >= 0.3 is 0 Å². The summed E-state index contributed by atoms with van der Waals surface area (Å²) in [6.07, 6.45) is 4.25. The second-order valence-corrected chi connectivity index (χ2v) is 7.60. The van der Waals surface area contributed by atoms with E-state index in [1.165, 1.54) is 24.8 Å². The highest BCUT2D eigenvalue weighted by Crippen LogP contribution is 2.61. The Kier molecular flexibility index (Phi) is 4.26. The van der Waals surface area contributed by atoms with Crippen molar-refractivity contribution in [3.05, 3.63) is 35.4 Å². The van der Waals surface area contributed by atoms with E-state index in [2.05, 4.69) is 24.5 Å². The summed E-state index contributed by atoms with van der Waals surface area (Å²) >= 11 is 0. The summed E-state index contributed by atoms with van der Waals surface area (Å²) < 4.78 is 0. The minimum absolute atomic E-state index is 0.0246. The van der Waals surface area contributed by atoms with Crippen LogP contribution in [0.2, 0.25) is 0 Å². The van der Waals surface area contributed by atoms with Gasteiger partial charge in [-0.2, -0.15) is 0 Å². The van der Waals surface area contributed by atoms with Gasteiger partial charge in [0.15, 0.2) is 0 Å². The molecule has 22 heavy (non-hydrogen) atoms. The Morgan fingerprint density at radius 1 is 1.23 bits per heavy atom. The molecular weight excluding hydrogens is 272 g/mol. The quantitative estimate of drug-likeness (QED) is 0.876. The molecular formula is C19H28N2O. The fourth-order valence-corrected chi connectivity index (χ4v) is 4.53. The molecule has 0 saturated heterocycles. The van der Waals surface area contributed by atoms with E-state index in [9.17, 15) is 4.79 Å². The van der Waals surface area contributed by atoms with Crippen LogP contribution in [0.15, 0.2) is 24.3 Å². The molecule has 3 aliphatic rings. The van der Waals surface area contributed by atoms with Gasteiger partial charge in [-0.25, -0.2) is 0 Å². The Bertz CT molecular complexity index is 533. The summed E-state index contributed by atoms with van der Waals surface area (Å²) in [6.45, 7) is 6.92. The molecule has 2 bridgehead atoms. The van der Waals surface area contributed by atoms with Gasteiger partial charge in [-0.1, -0.05) is 26.0 Å². The lowest BCUT2D eigenvalue weighted by Crippen LogP contribution is -2.54. The third kappa shape index (κ3) is 2.79. The molecule has 0 heterocycles. The first-order valence-corrected chi connectivity index (χ1v) is 8.54. The second kappa shape index (κ2) is 6.04. The monoisotopic (exact) mass is 300 g/mol. The van der Waals surface area contributed by atoms with Crippen LogP contribution in [0.25, 0.3) is 0 Å². The SMILES string of the molecule is CNC(=O)c1ccc(CNCC2CCC3CC2C3(C)C)cc1. The highest BCUT2D eigenvalue weighted by molar-refractivity contribution is 5.93. The average Bonchev–Trinajstić information content (AvgIpc) is 2.54. The molecule has 3 fully saturated rings. The maximum absolute atomic E-state index is 11.5. The molecule has 3 atom stereocenters. The van der Waals surface area contributed by atoms with Gasteiger partial charge in [0.25, 0.3) is 5.91 Å². The number of rotatable bonds is 5. The fourth-order valence-electron chi connectivity index (χ4n) is 4.53. The molecule has 120 valence electrons. The van der Waals surface area contributed by atoms with Gasteiger partial charge in [-0.05, 0) is 66.7 Å². The van der Waals surface area contributed by atoms with Crippen molar-refractivity contribution in [1.82, 2.24) is 10.6 Å². The number of hydrogen-bond acceptors (Lipinski definition) is 2. The Morgan fingerprint density at radius 3 is 2.55 bits per heavy atom. The van der Waals surface area contributed by atoms with Crippen molar-refractivity contribution in [2.45, 2.75) is 39.7 Å². The molecule has 2 N–H and O–H groups in total. The third-order valence-electron chi connectivity index (χ3n) is 6.18. The minimum atomic E-state index is -0.0246. The second-order valence-electron chi connectivity index (χ2n) is 7.60. The first kappa shape index (κ1) is 15.5. The minimum Gasteiger partial charge on any atom is -0.355 e. The van der Waals surface area contributed by atoms with E-state index < -0.39 is 0 Å². The molecule has 0 aromatic heterocycles. The number of amides is 1. The largest absolute Gasteiger partial charge is 0.355 e. The summed E-state index contributed by atoms with van der Waals surface area (Å²) in [5.74, 6) is 2.70. The number of fused-ring (bicyclic) bond motifs is 2. The molecule has 1 amide bonds. The molecule has 0 radical (unpaired) electrons. The topological polar surface area (TPSA) is 41.1 Å². The van der Waals surface area contributed by atoms with E-state index >= 15 is 0 Å². The first-order valence-electron chi connectivity index (χ1n) is 8.54. The van der Waals surface area contributed by atoms with E-state index in [1.54, 1.807) is 7.05 Å². The van der Waals surface area contributed by atoms with Crippen molar-refractivity contribution >= 4 is 5.91 Å². The van der Waals surface area contributed by atoms with Crippen molar-refractivity contribution in [3.8, 4) is 0 Å². The van der Waals surface area contributed by atoms with Crippen molar-refractivity contribution in [2.24, 2.45) is 23.2 Å². The van der Waals surface area contributed by atoms with Gasteiger partial charge < -0.3 is 10.6 Å². The highest BCUT2D eigenvalue weighted by Gasteiger charge is 2.53. The van der Waals surface area contributed by atoms with Gasteiger partial charge in [-0.15, -0.1) is 0 Å². The molecule has 3 unspecified atom stereocenters. The Morgan fingerprint density at radius 2 is 1.95 bits per heavy atom. The lowest BCUT2D eigenvalue weighted by Gasteiger charge is -2.60. The van der Waals surface area contributed by atoms with Crippen LogP contribution in [0.1, 0.15) is 49.0 Å². The average molecular weight is 300 g/mol. The summed E-state index contributed by atoms with van der Waals surface area (Å²) in [7, 11) is 1.66. The van der Waals surface area contributed by atoms with Crippen LogP contribution in [0.4, 0.5) is 0 Å². The molecule has 1 aromatic carbocycles. The number of nitrogens with one attached hydrogen (secondary N) is 2. The van der Waals surface area contributed by atoms with Crippen molar-refractivity contribution < 1.29 is 4.79 Å².